The van der Waals surface area contributed by atoms with E-state index in [1.54, 1.807) is 0 Å². The molecule has 0 saturated carbocycles. The molecular formula is C87H170O17P2. The number of aliphatic hydroxyl groups excluding tert-OH is 1. The van der Waals surface area contributed by atoms with Crippen molar-refractivity contribution in [1.29, 1.82) is 0 Å². The van der Waals surface area contributed by atoms with Gasteiger partial charge in [0.05, 0.1) is 26.4 Å². The fraction of sp³-hybridized carbons (Fsp3) is 0.954. The molecule has 17 nitrogen and oxygen atoms in total. The quantitative estimate of drug-likeness (QED) is 0.0222. The molecule has 0 spiro atoms. The Labute approximate surface area is 651 Å². The van der Waals surface area contributed by atoms with Crippen LogP contribution in [0.2, 0.25) is 0 Å². The average molecular weight is 1550 g/mol. The second-order valence-electron chi connectivity index (χ2n) is 32.2. The molecule has 0 aromatic rings. The summed E-state index contributed by atoms with van der Waals surface area (Å²) in [6.07, 6.45) is 70.8. The molecule has 2 unspecified atom stereocenters. The number of esters is 4. The van der Waals surface area contributed by atoms with Crippen molar-refractivity contribution in [2.75, 3.05) is 39.6 Å². The van der Waals surface area contributed by atoms with Gasteiger partial charge in [0.2, 0.25) is 0 Å². The Morgan fingerprint density at radius 3 is 0.642 bits per heavy atom. The minimum Gasteiger partial charge on any atom is -0.462 e. The number of phosphoric acid groups is 2. The molecule has 3 N–H and O–H groups in total. The van der Waals surface area contributed by atoms with Gasteiger partial charge in [-0.2, -0.15) is 0 Å². The minimum atomic E-state index is -4.97. The third-order valence-electron chi connectivity index (χ3n) is 20.5. The summed E-state index contributed by atoms with van der Waals surface area (Å²) in [6, 6.07) is 0. The number of carbonyl (C=O) groups excluding carboxylic acids is 4. The first kappa shape index (κ1) is 104. The largest absolute Gasteiger partial charge is 0.472 e. The molecule has 0 aromatic heterocycles. The van der Waals surface area contributed by atoms with E-state index >= 15 is 0 Å². The highest BCUT2D eigenvalue weighted by Crippen LogP contribution is 2.45. The van der Waals surface area contributed by atoms with Gasteiger partial charge in [-0.25, -0.2) is 9.13 Å². The number of phosphoric ester groups is 2. The summed E-state index contributed by atoms with van der Waals surface area (Å²) in [5.74, 6) is -0.570. The highest BCUT2D eigenvalue weighted by atomic mass is 31.2. The molecule has 106 heavy (non-hydrogen) atoms. The Hall–Kier alpha value is -1.94. The normalized spacial score (nSPS) is 13.8. The molecule has 0 aliphatic rings. The van der Waals surface area contributed by atoms with Crippen molar-refractivity contribution in [1.82, 2.24) is 0 Å². The summed E-state index contributed by atoms with van der Waals surface area (Å²) in [7, 11) is -9.93. The van der Waals surface area contributed by atoms with Crippen LogP contribution in [0.1, 0.15) is 465 Å². The Kier molecular flexibility index (Phi) is 76.9. The van der Waals surface area contributed by atoms with Gasteiger partial charge in [-0.05, 0) is 37.5 Å². The third kappa shape index (κ3) is 80.1. The molecule has 0 fully saturated rings. The maximum absolute atomic E-state index is 13.2. The second kappa shape index (κ2) is 78.3. The van der Waals surface area contributed by atoms with Crippen LogP contribution in [-0.2, 0) is 65.4 Å². The lowest BCUT2D eigenvalue weighted by molar-refractivity contribution is -0.161. The van der Waals surface area contributed by atoms with Crippen LogP contribution in [0.5, 0.6) is 0 Å². The van der Waals surface area contributed by atoms with Crippen LogP contribution < -0.4 is 0 Å². The number of hydrogen-bond donors (Lipinski definition) is 3. The summed E-state index contributed by atoms with van der Waals surface area (Å²) in [4.78, 5) is 73.3. The van der Waals surface area contributed by atoms with Crippen molar-refractivity contribution in [2.45, 2.75) is 484 Å². The van der Waals surface area contributed by atoms with Crippen LogP contribution in [0, 0.1) is 11.8 Å². The molecule has 0 aliphatic heterocycles. The van der Waals surface area contributed by atoms with Crippen molar-refractivity contribution in [3.8, 4) is 0 Å². The number of unbranched alkanes of at least 4 members (excludes halogenated alkanes) is 56. The van der Waals surface area contributed by atoms with Crippen LogP contribution in [0.3, 0.4) is 0 Å². The van der Waals surface area contributed by atoms with Crippen molar-refractivity contribution in [3.63, 3.8) is 0 Å². The van der Waals surface area contributed by atoms with E-state index in [9.17, 15) is 43.2 Å². The van der Waals surface area contributed by atoms with Gasteiger partial charge in [0, 0.05) is 25.7 Å². The van der Waals surface area contributed by atoms with Gasteiger partial charge in [-0.15, -0.1) is 0 Å². The van der Waals surface area contributed by atoms with Gasteiger partial charge < -0.3 is 33.8 Å². The summed E-state index contributed by atoms with van der Waals surface area (Å²) < 4.78 is 69.0. The summed E-state index contributed by atoms with van der Waals surface area (Å²) in [5.41, 5.74) is 0. The van der Waals surface area contributed by atoms with E-state index in [0.29, 0.717) is 25.7 Å². The van der Waals surface area contributed by atoms with Gasteiger partial charge in [0.15, 0.2) is 12.2 Å². The summed E-state index contributed by atoms with van der Waals surface area (Å²) >= 11 is 0. The van der Waals surface area contributed by atoms with Gasteiger partial charge >= 0.3 is 39.5 Å². The predicted molar refractivity (Wildman–Crippen MR) is 437 cm³/mol. The Morgan fingerprint density at radius 1 is 0.255 bits per heavy atom. The number of carbonyl (C=O) groups is 4. The smallest absolute Gasteiger partial charge is 0.462 e. The lowest BCUT2D eigenvalue weighted by Crippen LogP contribution is -2.30. The predicted octanol–water partition coefficient (Wildman–Crippen LogP) is 26.6. The van der Waals surface area contributed by atoms with E-state index in [1.165, 1.54) is 283 Å². The van der Waals surface area contributed by atoms with E-state index in [2.05, 4.69) is 41.5 Å². The highest BCUT2D eigenvalue weighted by Gasteiger charge is 2.30. The molecule has 0 aliphatic carbocycles. The maximum Gasteiger partial charge on any atom is 0.472 e. The van der Waals surface area contributed by atoms with Crippen molar-refractivity contribution in [2.24, 2.45) is 11.8 Å². The standard InChI is InChI=1S/C87H170O17P2/c1-7-9-11-13-15-17-19-21-23-25-27-28-30-32-36-40-46-53-59-65-71-86(91)103-82(75-97-84(89)69-63-57-51-45-39-35-31-29-26-24-22-20-18-16-14-12-10-8-2)77-101-105(93,94)99-73-81(88)74-100-106(95,96)102-78-83(76-98-85(90)70-64-58-52-48-42-44-50-56-62-68-80(5)6)104-87(92)72-66-60-54-47-41-37-33-34-38-43-49-55-61-67-79(3)4/h79-83,88H,7-78H2,1-6H3,(H,93,94)(H,95,96)/t81-,82-,83-/m1/s1. The van der Waals surface area contributed by atoms with Crippen LogP contribution in [0.15, 0.2) is 0 Å². The van der Waals surface area contributed by atoms with Gasteiger partial charge in [-0.3, -0.25) is 37.3 Å². The van der Waals surface area contributed by atoms with Crippen LogP contribution in [0.4, 0.5) is 0 Å². The monoisotopic (exact) mass is 1550 g/mol. The number of rotatable bonds is 86. The molecule has 0 bridgehead atoms. The first-order valence-electron chi connectivity index (χ1n) is 45.0. The van der Waals surface area contributed by atoms with Crippen LogP contribution in [-0.4, -0.2) is 96.7 Å². The number of aliphatic hydroxyl groups is 1. The zero-order valence-corrected chi connectivity index (χ0v) is 71.5. The fourth-order valence-electron chi connectivity index (χ4n) is 13.6. The molecule has 0 aromatic carbocycles. The average Bonchev–Trinajstić information content (AvgIpc) is 0.901. The molecular weight excluding hydrogens is 1380 g/mol. The molecule has 0 amide bonds. The van der Waals surface area contributed by atoms with Crippen molar-refractivity contribution in [3.05, 3.63) is 0 Å². The van der Waals surface area contributed by atoms with Crippen LogP contribution in [0.25, 0.3) is 0 Å². The van der Waals surface area contributed by atoms with Gasteiger partial charge in [-0.1, -0.05) is 414 Å². The van der Waals surface area contributed by atoms with E-state index < -0.39 is 97.5 Å². The Balaban J connectivity index is 5.25. The molecule has 630 valence electrons. The Morgan fingerprint density at radius 2 is 0.434 bits per heavy atom. The molecule has 0 radical (unpaired) electrons. The zero-order valence-electron chi connectivity index (χ0n) is 69.7. The second-order valence-corrected chi connectivity index (χ2v) is 35.1. The molecule has 0 rings (SSSR count). The van der Waals surface area contributed by atoms with E-state index in [0.717, 1.165) is 102 Å². The van der Waals surface area contributed by atoms with Crippen molar-refractivity contribution < 1.29 is 80.2 Å². The van der Waals surface area contributed by atoms with Crippen molar-refractivity contribution >= 4 is 39.5 Å². The van der Waals surface area contributed by atoms with E-state index in [1.807, 2.05) is 0 Å². The Bertz CT molecular complexity index is 2030. The lowest BCUT2D eigenvalue weighted by atomic mass is 10.0. The first-order chi connectivity index (χ1) is 51.4. The molecule has 5 atom stereocenters. The fourth-order valence-corrected chi connectivity index (χ4v) is 15.2. The molecule has 19 heteroatoms. The zero-order chi connectivity index (χ0) is 77.8. The summed E-state index contributed by atoms with van der Waals surface area (Å²) in [6.45, 7) is 9.68. The lowest BCUT2D eigenvalue weighted by Gasteiger charge is -2.21. The molecule has 0 heterocycles. The van der Waals surface area contributed by atoms with Crippen LogP contribution >= 0.6 is 15.6 Å². The van der Waals surface area contributed by atoms with E-state index in [-0.39, 0.29) is 25.7 Å². The number of ether oxygens (including phenoxy) is 4. The first-order valence-corrected chi connectivity index (χ1v) is 48.0. The number of hydrogen-bond acceptors (Lipinski definition) is 15. The summed E-state index contributed by atoms with van der Waals surface area (Å²) in [5, 5.41) is 10.7. The topological polar surface area (TPSA) is 237 Å². The van der Waals surface area contributed by atoms with Gasteiger partial charge in [0.25, 0.3) is 0 Å². The molecule has 0 saturated heterocycles. The van der Waals surface area contributed by atoms with Gasteiger partial charge in [0.1, 0.15) is 19.3 Å². The highest BCUT2D eigenvalue weighted by molar-refractivity contribution is 7.47. The minimum absolute atomic E-state index is 0.107. The SMILES string of the molecule is CCCCCCCCCCCCCCCCCCCCCCC(=O)O[C@H](COC(=O)CCCCCCCCCCCCCCCCCCCC)COP(=O)(O)OC[C@@H](O)COP(=O)(O)OC[C@@H](COC(=O)CCCCCCCCCCCC(C)C)OC(=O)CCCCCCCCCCCCCCCC(C)C. The third-order valence-corrected chi connectivity index (χ3v) is 22.4. The maximum atomic E-state index is 13.2. The van der Waals surface area contributed by atoms with E-state index in [4.69, 9.17) is 37.0 Å².